The topological polar surface area (TPSA) is 633 Å². The number of nitrogens with one attached hydrogen (secondary N) is 14. The highest BCUT2D eigenvalue weighted by Gasteiger charge is 2.42. The molecule has 0 spiro atoms. The maximum Gasteiger partial charge on any atom is 0.326 e. The third-order valence-corrected chi connectivity index (χ3v) is 18.3. The first-order chi connectivity index (χ1) is 53.6. The first-order valence-corrected chi connectivity index (χ1v) is 36.3. The number of aliphatic carboxylic acids is 1. The van der Waals surface area contributed by atoms with Crippen molar-refractivity contribution in [3.05, 3.63) is 114 Å². The van der Waals surface area contributed by atoms with E-state index in [-0.39, 0.29) is 45.1 Å². The van der Waals surface area contributed by atoms with Gasteiger partial charge in [0.2, 0.25) is 100 Å². The first-order valence-electron chi connectivity index (χ1n) is 36.3. The fourth-order valence-corrected chi connectivity index (χ4v) is 12.2. The number of carbonyl (C=O) groups excluding carboxylic acids is 17. The van der Waals surface area contributed by atoms with Gasteiger partial charge in [-0.25, -0.2) is 4.79 Å². The van der Waals surface area contributed by atoms with Crippen molar-refractivity contribution in [2.75, 3.05) is 13.7 Å². The van der Waals surface area contributed by atoms with Crippen LogP contribution in [0.4, 0.5) is 0 Å². The smallest absolute Gasteiger partial charge is 0.326 e. The van der Waals surface area contributed by atoms with E-state index in [1.54, 1.807) is 91.0 Å². The minimum atomic E-state index is -2.18. The Morgan fingerprint density at radius 3 is 1.71 bits per heavy atom. The SMILES string of the molecule is COc1ccc(C[C@@H]2NC(=O)C(C)(C)NC(=O)[C@H](CCC(N)=O)NC(=O)[C@H](Cc3c[nH]c4ccccc34)NC(=O)C([C@@H](C)O)NC(=O)[C@H](CC(N)=O)NC(=O)C(NC(C)=O)CCCCNC(=O)C[C@H](C(=O)N[C@@H](CC(N)=O)C(=O)N[C@@H](CC(N)=O)C(=O)O)NC(=O)C(C)(C)NC(=O)[C@H](Cc3cccc4ccccc34)NC2=O)cc1. The number of ether oxygens (including phenoxy) is 1. The summed E-state index contributed by atoms with van der Waals surface area (Å²) in [4.78, 5) is 252. The number of aliphatic hydroxyl groups is 1. The second-order valence-electron chi connectivity index (χ2n) is 28.5. The Morgan fingerprint density at radius 1 is 0.561 bits per heavy atom. The number of carboxylic acid groups (broad SMARTS) is 1. The highest BCUT2D eigenvalue weighted by molar-refractivity contribution is 6.03. The normalized spacial score (nSPS) is 21.8. The number of carboxylic acids is 1. The van der Waals surface area contributed by atoms with Crippen molar-refractivity contribution in [1.29, 1.82) is 0 Å². The molecule has 0 radical (unpaired) electrons. The molecule has 39 nitrogen and oxygen atoms in total. The lowest BCUT2D eigenvalue weighted by Gasteiger charge is -2.32. The molecule has 2 heterocycles. The van der Waals surface area contributed by atoms with E-state index in [9.17, 15) is 86.9 Å². The molecule has 1 saturated heterocycles. The summed E-state index contributed by atoms with van der Waals surface area (Å²) in [5, 5.41) is 54.4. The number of benzene rings is 4. The van der Waals surface area contributed by atoms with Crippen LogP contribution in [0.5, 0.6) is 5.75 Å². The molecule has 1 aromatic heterocycles. The van der Waals surface area contributed by atoms with Gasteiger partial charge in [0.25, 0.3) is 0 Å². The molecule has 5 aromatic rings. The van der Waals surface area contributed by atoms with Crippen LogP contribution in [0.2, 0.25) is 0 Å². The number of hydrogen-bond acceptors (Lipinski definition) is 20. The summed E-state index contributed by atoms with van der Waals surface area (Å²) in [6.45, 7) is 6.63. The van der Waals surface area contributed by atoms with Crippen molar-refractivity contribution < 1.29 is 101 Å². The number of aliphatic hydroxyl groups excluding tert-OH is 1. The van der Waals surface area contributed by atoms with Gasteiger partial charge in [-0.2, -0.15) is 0 Å². The van der Waals surface area contributed by atoms with Crippen molar-refractivity contribution in [3.8, 4) is 5.75 Å². The average molecular weight is 1590 g/mol. The van der Waals surface area contributed by atoms with Crippen LogP contribution in [-0.4, -0.2) is 213 Å². The van der Waals surface area contributed by atoms with E-state index >= 15 is 9.59 Å². The second kappa shape index (κ2) is 41.3. The van der Waals surface area contributed by atoms with Gasteiger partial charge in [-0.05, 0) is 106 Å². The van der Waals surface area contributed by atoms with Gasteiger partial charge < -0.3 is 112 Å². The number of H-pyrrole nitrogens is 1. The van der Waals surface area contributed by atoms with Gasteiger partial charge in [0, 0.05) is 56.3 Å². The van der Waals surface area contributed by atoms with Crippen LogP contribution in [-0.2, 0) is 106 Å². The summed E-state index contributed by atoms with van der Waals surface area (Å²) >= 11 is 0. The number of methoxy groups -OCH3 is 1. The van der Waals surface area contributed by atoms with Crippen LogP contribution in [0, 0.1) is 0 Å². The number of rotatable bonds is 23. The van der Waals surface area contributed by atoms with Gasteiger partial charge in [-0.15, -0.1) is 0 Å². The lowest BCUT2D eigenvalue weighted by molar-refractivity contribution is -0.144. The quantitative estimate of drug-likeness (QED) is 0.0291. The summed E-state index contributed by atoms with van der Waals surface area (Å²) in [5.74, 6) is -20.7. The van der Waals surface area contributed by atoms with E-state index in [4.69, 9.17) is 27.7 Å². The minimum absolute atomic E-state index is 0.0334. The first kappa shape index (κ1) is 89.8. The van der Waals surface area contributed by atoms with Crippen LogP contribution < -0.4 is 96.8 Å². The predicted octanol–water partition coefficient (Wildman–Crippen LogP) is -4.94. The molecule has 614 valence electrons. The number of nitrogens with two attached hydrogens (primary N) is 4. The largest absolute Gasteiger partial charge is 0.497 e. The Balaban J connectivity index is 1.47. The van der Waals surface area contributed by atoms with Crippen LogP contribution in [0.25, 0.3) is 21.7 Å². The standard InChI is InChI=1S/C75H98N18O21/c1-37(94)61-70(109)87-50(31-42-36-81-46-20-11-10-19-45(42)46)64(103)83-48(26-27-56(76)96)68(107)92-74(3,4)72(112)89-49(29-39-22-24-43(114-7)25-23-39)63(102)84-51(30-41-17-14-16-40-15-8-9-18-44(40)41)69(108)93-75(5,6)73(113)90-54(66(105)86-52(32-57(77)97)65(104)88-55(71(110)111)34-59(79)99)35-60(100)80-28-13-12-21-47(82-38(2)95)62(101)85-53(33-58(78)98)67(106)91-61/h8-11,14-20,22-25,36-37,47-55,61,81,94H,12-13,21,26-35H2,1-7H3,(H2,76,96)(H2,77,97)(H2,78,98)(H2,79,99)(H,80,100)(H,82,95)(H,83,103)(H,84,102)(H,85,101)(H,86,105)(H,87,109)(H,88,104)(H,89,112)(H,90,113)(H,91,106)(H,92,107)(H,93,108)(H,110,111)/t37-,47?,48+,49+,50+,51+,52+,53+,54-,55+,61?/m1/s1. The van der Waals surface area contributed by atoms with E-state index in [2.05, 4.69) is 68.8 Å². The van der Waals surface area contributed by atoms with Crippen LogP contribution in [0.15, 0.2) is 97.2 Å². The average Bonchev–Trinajstić information content (AvgIpc) is 1.35. The summed E-state index contributed by atoms with van der Waals surface area (Å²) in [5.41, 5.74) is 19.4. The van der Waals surface area contributed by atoms with E-state index < -0.39 is 223 Å². The van der Waals surface area contributed by atoms with Crippen LogP contribution >= 0.6 is 0 Å². The van der Waals surface area contributed by atoms with Crippen molar-refractivity contribution in [2.45, 2.75) is 196 Å². The molecule has 1 fully saturated rings. The van der Waals surface area contributed by atoms with E-state index in [1.807, 2.05) is 5.32 Å². The molecule has 39 heteroatoms. The number of fused-ring (bicyclic) bond motifs is 2. The molecular weight excluding hydrogens is 1490 g/mol. The number of aromatic amines is 1. The fraction of sp³-hybridized carbons (Fsp3) is 0.440. The molecule has 11 atom stereocenters. The molecule has 0 bridgehead atoms. The number of carbonyl (C=O) groups is 18. The Kier molecular flexibility index (Phi) is 32.5. The van der Waals surface area contributed by atoms with Crippen molar-refractivity contribution in [3.63, 3.8) is 0 Å². The highest BCUT2D eigenvalue weighted by Crippen LogP contribution is 2.23. The fourth-order valence-electron chi connectivity index (χ4n) is 12.2. The van der Waals surface area contributed by atoms with Crippen molar-refractivity contribution >= 4 is 128 Å². The van der Waals surface area contributed by atoms with Gasteiger partial charge in [0.05, 0.1) is 38.9 Å². The van der Waals surface area contributed by atoms with Crippen molar-refractivity contribution in [1.82, 2.24) is 74.1 Å². The lowest BCUT2D eigenvalue weighted by atomic mass is 9.96. The van der Waals surface area contributed by atoms with E-state index in [0.717, 1.165) is 13.8 Å². The molecule has 17 amide bonds. The third kappa shape index (κ3) is 27.1. The van der Waals surface area contributed by atoms with Crippen molar-refractivity contribution in [2.24, 2.45) is 22.9 Å². The summed E-state index contributed by atoms with van der Waals surface area (Å²) in [6, 6.07) is 6.73. The van der Waals surface area contributed by atoms with Gasteiger partial charge in [-0.1, -0.05) is 72.8 Å². The number of amides is 17. The summed E-state index contributed by atoms with van der Waals surface area (Å²) in [7, 11) is 1.41. The van der Waals surface area contributed by atoms with Gasteiger partial charge in [0.1, 0.15) is 77.2 Å². The number of primary amides is 4. The maximum absolute atomic E-state index is 15.3. The zero-order chi connectivity index (χ0) is 84.5. The molecule has 2 unspecified atom stereocenters. The number of aromatic nitrogens is 1. The van der Waals surface area contributed by atoms with Gasteiger partial charge in [-0.3, -0.25) is 81.5 Å². The third-order valence-electron chi connectivity index (χ3n) is 18.3. The molecule has 0 saturated carbocycles. The highest BCUT2D eigenvalue weighted by atomic mass is 16.5. The Bertz CT molecular complexity index is 4440. The Morgan fingerprint density at radius 2 is 1.11 bits per heavy atom. The van der Waals surface area contributed by atoms with Crippen LogP contribution in [0.1, 0.15) is 116 Å². The number of para-hydroxylation sites is 1. The maximum atomic E-state index is 15.3. The molecule has 1 aliphatic rings. The molecule has 0 aliphatic carbocycles. The monoisotopic (exact) mass is 1590 g/mol. The number of hydrogen-bond donors (Lipinski definition) is 20. The molecular formula is C75H98N18O21. The van der Waals surface area contributed by atoms with E-state index in [0.29, 0.717) is 44.1 Å². The predicted molar refractivity (Wildman–Crippen MR) is 406 cm³/mol. The molecule has 1 aliphatic heterocycles. The van der Waals surface area contributed by atoms with Crippen LogP contribution in [0.3, 0.4) is 0 Å². The second-order valence-corrected chi connectivity index (χ2v) is 28.5. The summed E-state index contributed by atoms with van der Waals surface area (Å²) < 4.78 is 5.35. The van der Waals surface area contributed by atoms with Gasteiger partial charge >= 0.3 is 5.97 Å². The zero-order valence-electron chi connectivity index (χ0n) is 63.7. The van der Waals surface area contributed by atoms with Gasteiger partial charge in [0.15, 0.2) is 0 Å². The zero-order valence-corrected chi connectivity index (χ0v) is 63.7. The molecule has 4 aromatic carbocycles. The molecule has 6 rings (SSSR count). The Hall–Kier alpha value is -13.1. The molecule has 24 N–H and O–H groups in total. The van der Waals surface area contributed by atoms with E-state index in [1.165, 1.54) is 41.0 Å². The Labute approximate surface area is 653 Å². The molecule has 114 heavy (non-hydrogen) atoms. The summed E-state index contributed by atoms with van der Waals surface area (Å²) in [6.07, 6.45) is -6.72. The lowest BCUT2D eigenvalue weighted by Crippen LogP contribution is -2.65. The minimum Gasteiger partial charge on any atom is -0.497 e.